The predicted molar refractivity (Wildman–Crippen MR) is 111 cm³/mol. The van der Waals surface area contributed by atoms with Crippen LogP contribution in [0.15, 0.2) is 36.9 Å². The quantitative estimate of drug-likeness (QED) is 0.473. The summed E-state index contributed by atoms with van der Waals surface area (Å²) in [4.78, 5) is 38.6. The van der Waals surface area contributed by atoms with Crippen molar-refractivity contribution in [3.8, 4) is 5.75 Å². The van der Waals surface area contributed by atoms with Crippen LogP contribution in [0.4, 0.5) is 4.79 Å². The van der Waals surface area contributed by atoms with Crippen molar-refractivity contribution in [3.63, 3.8) is 0 Å². The third-order valence-electron chi connectivity index (χ3n) is 5.82. The van der Waals surface area contributed by atoms with E-state index in [1.165, 1.54) is 4.90 Å². The molecule has 0 radical (unpaired) electrons. The molecule has 4 amide bonds. The van der Waals surface area contributed by atoms with E-state index in [0.717, 1.165) is 11.3 Å². The van der Waals surface area contributed by atoms with E-state index in [4.69, 9.17) is 9.47 Å². The molecule has 0 bridgehead atoms. The molecule has 8 nitrogen and oxygen atoms in total. The number of ether oxygens (including phenoxy) is 2. The molecule has 2 aliphatic rings. The number of urea groups is 1. The topological polar surface area (TPSA) is 97.0 Å². The van der Waals surface area contributed by atoms with Crippen LogP contribution >= 0.6 is 0 Å². The van der Waals surface area contributed by atoms with E-state index in [0.29, 0.717) is 32.6 Å². The molecular formula is C22H29N3O5. The van der Waals surface area contributed by atoms with E-state index in [2.05, 4.69) is 17.2 Å². The minimum Gasteiger partial charge on any atom is -0.497 e. The molecule has 2 fully saturated rings. The Labute approximate surface area is 176 Å². The van der Waals surface area contributed by atoms with Crippen LogP contribution < -0.4 is 15.4 Å². The number of methoxy groups -OCH3 is 1. The molecule has 30 heavy (non-hydrogen) atoms. The number of hydrogen-bond acceptors (Lipinski definition) is 5. The van der Waals surface area contributed by atoms with Gasteiger partial charge in [-0.3, -0.25) is 14.5 Å². The summed E-state index contributed by atoms with van der Waals surface area (Å²) in [5.41, 5.74) is 0.688. The Morgan fingerprint density at radius 1 is 1.33 bits per heavy atom. The molecular weight excluding hydrogens is 386 g/mol. The number of nitrogens with zero attached hydrogens (tertiary/aromatic N) is 1. The molecule has 0 spiro atoms. The van der Waals surface area contributed by atoms with Gasteiger partial charge in [-0.2, -0.15) is 0 Å². The van der Waals surface area contributed by atoms with Crippen LogP contribution in [-0.4, -0.2) is 62.2 Å². The Hall–Kier alpha value is -2.87. The minimum atomic E-state index is -0.681. The van der Waals surface area contributed by atoms with Crippen LogP contribution in [0, 0.1) is 0 Å². The summed E-state index contributed by atoms with van der Waals surface area (Å²) in [6, 6.07) is 6.68. The first-order chi connectivity index (χ1) is 14.5. The molecule has 0 aliphatic carbocycles. The van der Waals surface area contributed by atoms with Gasteiger partial charge in [0.2, 0.25) is 5.91 Å². The SMILES string of the molecule is C=CCNC(=O)CC[C@@H]1NC(=O)N(CC2(c3ccc(OC)cc3)CCOCC2)C1=O. The summed E-state index contributed by atoms with van der Waals surface area (Å²) in [5, 5.41) is 5.41. The first-order valence-corrected chi connectivity index (χ1v) is 10.2. The Balaban J connectivity index is 1.71. The molecule has 2 saturated heterocycles. The number of benzene rings is 1. The van der Waals surface area contributed by atoms with Gasteiger partial charge in [-0.1, -0.05) is 18.2 Å². The number of hydrogen-bond donors (Lipinski definition) is 2. The normalized spacial score (nSPS) is 20.6. The molecule has 2 heterocycles. The number of carbonyl (C=O) groups is 3. The summed E-state index contributed by atoms with van der Waals surface area (Å²) < 4.78 is 10.8. The van der Waals surface area contributed by atoms with Gasteiger partial charge >= 0.3 is 6.03 Å². The van der Waals surface area contributed by atoms with Gasteiger partial charge in [0.25, 0.3) is 5.91 Å². The van der Waals surface area contributed by atoms with Crippen LogP contribution in [0.2, 0.25) is 0 Å². The van der Waals surface area contributed by atoms with Gasteiger partial charge in [0.05, 0.1) is 7.11 Å². The highest BCUT2D eigenvalue weighted by Gasteiger charge is 2.44. The Kier molecular flexibility index (Phi) is 7.10. The molecule has 162 valence electrons. The fourth-order valence-corrected chi connectivity index (χ4v) is 4.02. The highest BCUT2D eigenvalue weighted by molar-refractivity contribution is 6.04. The van der Waals surface area contributed by atoms with Crippen LogP contribution in [0.3, 0.4) is 0 Å². The van der Waals surface area contributed by atoms with Crippen molar-refractivity contribution < 1.29 is 23.9 Å². The van der Waals surface area contributed by atoms with Crippen molar-refractivity contribution in [3.05, 3.63) is 42.5 Å². The van der Waals surface area contributed by atoms with Gasteiger partial charge in [0.1, 0.15) is 11.8 Å². The van der Waals surface area contributed by atoms with Crippen molar-refractivity contribution in [2.24, 2.45) is 0 Å². The maximum absolute atomic E-state index is 12.9. The van der Waals surface area contributed by atoms with E-state index in [1.54, 1.807) is 13.2 Å². The lowest BCUT2D eigenvalue weighted by molar-refractivity contribution is -0.128. The fraction of sp³-hybridized carbons (Fsp3) is 0.500. The summed E-state index contributed by atoms with van der Waals surface area (Å²) in [6.07, 6.45) is 3.45. The van der Waals surface area contributed by atoms with E-state index in [9.17, 15) is 14.4 Å². The molecule has 1 aromatic carbocycles. The highest BCUT2D eigenvalue weighted by Crippen LogP contribution is 2.37. The van der Waals surface area contributed by atoms with Crippen LogP contribution in [0.25, 0.3) is 0 Å². The monoisotopic (exact) mass is 415 g/mol. The van der Waals surface area contributed by atoms with Gasteiger partial charge in [0, 0.05) is 38.1 Å². The standard InChI is InChI=1S/C22H29N3O5/c1-3-12-23-19(26)9-8-18-20(27)25(21(28)24-18)15-22(10-13-30-14-11-22)16-4-6-17(29-2)7-5-16/h3-7,18H,1,8-15H2,2H3,(H,23,26)(H,24,28)/t18-/m0/s1. The van der Waals surface area contributed by atoms with Crippen molar-refractivity contribution >= 4 is 17.8 Å². The molecule has 0 unspecified atom stereocenters. The molecule has 2 N–H and O–H groups in total. The van der Waals surface area contributed by atoms with Gasteiger partial charge in [-0.15, -0.1) is 6.58 Å². The van der Waals surface area contributed by atoms with E-state index in [-0.39, 0.29) is 36.6 Å². The van der Waals surface area contributed by atoms with Crippen LogP contribution in [0.1, 0.15) is 31.2 Å². The van der Waals surface area contributed by atoms with E-state index >= 15 is 0 Å². The number of carbonyl (C=O) groups excluding carboxylic acids is 3. The molecule has 3 rings (SSSR count). The van der Waals surface area contributed by atoms with E-state index in [1.807, 2.05) is 24.3 Å². The first-order valence-electron chi connectivity index (χ1n) is 10.2. The summed E-state index contributed by atoms with van der Waals surface area (Å²) in [6.45, 7) is 5.36. The van der Waals surface area contributed by atoms with Crippen molar-refractivity contribution in [2.75, 3.05) is 33.4 Å². The van der Waals surface area contributed by atoms with Gasteiger partial charge in [-0.05, 0) is 37.0 Å². The average molecular weight is 415 g/mol. The van der Waals surface area contributed by atoms with Gasteiger partial charge in [-0.25, -0.2) is 4.79 Å². The lowest BCUT2D eigenvalue weighted by atomic mass is 9.73. The lowest BCUT2D eigenvalue weighted by Crippen LogP contribution is -2.47. The van der Waals surface area contributed by atoms with Crippen molar-refractivity contribution in [2.45, 2.75) is 37.1 Å². The third-order valence-corrected chi connectivity index (χ3v) is 5.82. The molecule has 8 heteroatoms. The smallest absolute Gasteiger partial charge is 0.324 e. The largest absolute Gasteiger partial charge is 0.497 e. The number of rotatable bonds is 9. The highest BCUT2D eigenvalue weighted by atomic mass is 16.5. The van der Waals surface area contributed by atoms with E-state index < -0.39 is 12.1 Å². The summed E-state index contributed by atoms with van der Waals surface area (Å²) in [5.74, 6) is 0.302. The molecule has 1 aromatic rings. The minimum absolute atomic E-state index is 0.163. The second kappa shape index (κ2) is 9.75. The second-order valence-corrected chi connectivity index (χ2v) is 7.68. The van der Waals surface area contributed by atoms with Crippen molar-refractivity contribution in [1.29, 1.82) is 0 Å². The maximum atomic E-state index is 12.9. The Morgan fingerprint density at radius 3 is 2.67 bits per heavy atom. The third kappa shape index (κ3) is 4.81. The zero-order valence-corrected chi connectivity index (χ0v) is 17.3. The number of imide groups is 1. The molecule has 1 atom stereocenters. The molecule has 0 saturated carbocycles. The molecule has 2 aliphatic heterocycles. The lowest BCUT2D eigenvalue weighted by Gasteiger charge is -2.39. The predicted octanol–water partition coefficient (Wildman–Crippen LogP) is 1.75. The number of nitrogens with one attached hydrogen (secondary N) is 2. The van der Waals surface area contributed by atoms with Gasteiger partial charge in [0.15, 0.2) is 0 Å². The zero-order chi connectivity index (χ0) is 21.6. The van der Waals surface area contributed by atoms with Gasteiger partial charge < -0.3 is 20.1 Å². The maximum Gasteiger partial charge on any atom is 0.324 e. The summed E-state index contributed by atoms with van der Waals surface area (Å²) >= 11 is 0. The number of amides is 4. The van der Waals surface area contributed by atoms with Crippen LogP contribution in [-0.2, 0) is 19.7 Å². The first kappa shape index (κ1) is 21.8. The Bertz CT molecular complexity index is 786. The fourth-order valence-electron chi connectivity index (χ4n) is 4.02. The average Bonchev–Trinajstić information content (AvgIpc) is 3.04. The summed E-state index contributed by atoms with van der Waals surface area (Å²) in [7, 11) is 1.62. The molecule has 0 aromatic heterocycles. The zero-order valence-electron chi connectivity index (χ0n) is 17.3. The van der Waals surface area contributed by atoms with Crippen molar-refractivity contribution in [1.82, 2.24) is 15.5 Å². The second-order valence-electron chi connectivity index (χ2n) is 7.68. The van der Waals surface area contributed by atoms with Crippen LogP contribution in [0.5, 0.6) is 5.75 Å². The Morgan fingerprint density at radius 2 is 2.03 bits per heavy atom.